The Kier molecular flexibility index (Phi) is 2.32. The maximum absolute atomic E-state index is 9.05. The summed E-state index contributed by atoms with van der Waals surface area (Å²) in [5.74, 6) is 0.760. The molecule has 1 rings (SSSR count). The summed E-state index contributed by atoms with van der Waals surface area (Å²) in [7, 11) is 0. The quantitative estimate of drug-likeness (QED) is 0.599. The molecule has 3 N–H and O–H groups in total. The van der Waals surface area contributed by atoms with Crippen LogP contribution in [0.15, 0.2) is 0 Å². The van der Waals surface area contributed by atoms with E-state index >= 15 is 0 Å². The fraction of sp³-hybridized carbons (Fsp3) is 1.00. The zero-order valence-corrected chi connectivity index (χ0v) is 6.64. The van der Waals surface area contributed by atoms with Crippen LogP contribution in [0.2, 0.25) is 0 Å². The summed E-state index contributed by atoms with van der Waals surface area (Å²) < 4.78 is 0. The summed E-state index contributed by atoms with van der Waals surface area (Å²) in [5.41, 5.74) is 5.66. The third kappa shape index (κ3) is 1.32. The highest BCUT2D eigenvalue weighted by Crippen LogP contribution is 2.40. The Balaban J connectivity index is 2.51. The molecule has 2 heteroatoms. The monoisotopic (exact) mass is 143 g/mol. The summed E-state index contributed by atoms with van der Waals surface area (Å²) in [6.45, 7) is 3.15. The van der Waals surface area contributed by atoms with Crippen LogP contribution in [0, 0.1) is 11.3 Å². The molecule has 0 aromatic rings. The van der Waals surface area contributed by atoms with Crippen molar-refractivity contribution in [1.82, 2.24) is 0 Å². The molecule has 1 saturated carbocycles. The van der Waals surface area contributed by atoms with Gasteiger partial charge in [0, 0.05) is 18.6 Å². The molecule has 60 valence electrons. The molecular formula is C8H17NO. The van der Waals surface area contributed by atoms with Crippen molar-refractivity contribution in [1.29, 1.82) is 0 Å². The minimum Gasteiger partial charge on any atom is -0.396 e. The van der Waals surface area contributed by atoms with Crippen molar-refractivity contribution in [3.05, 3.63) is 0 Å². The van der Waals surface area contributed by atoms with E-state index in [0.29, 0.717) is 6.54 Å². The predicted molar refractivity (Wildman–Crippen MR) is 41.6 cm³/mol. The maximum atomic E-state index is 9.05. The molecule has 0 radical (unpaired) electrons. The van der Waals surface area contributed by atoms with Gasteiger partial charge in [-0.1, -0.05) is 13.3 Å². The average molecular weight is 143 g/mol. The van der Waals surface area contributed by atoms with Gasteiger partial charge in [-0.25, -0.2) is 0 Å². The van der Waals surface area contributed by atoms with Gasteiger partial charge in [-0.3, -0.25) is 0 Å². The molecule has 0 aliphatic heterocycles. The van der Waals surface area contributed by atoms with Crippen LogP contribution >= 0.6 is 0 Å². The van der Waals surface area contributed by atoms with E-state index in [0.717, 1.165) is 18.8 Å². The van der Waals surface area contributed by atoms with Gasteiger partial charge in [-0.2, -0.15) is 0 Å². The molecule has 1 aliphatic rings. The fourth-order valence-electron chi connectivity index (χ4n) is 1.89. The summed E-state index contributed by atoms with van der Waals surface area (Å²) in [4.78, 5) is 0. The van der Waals surface area contributed by atoms with Gasteiger partial charge in [0.15, 0.2) is 0 Å². The predicted octanol–water partition coefficient (Wildman–Crippen LogP) is 0.744. The molecule has 2 unspecified atom stereocenters. The molecule has 2 nitrogen and oxygen atoms in total. The van der Waals surface area contributed by atoms with Crippen LogP contribution in [0.4, 0.5) is 0 Å². The number of hydrogen-bond donors (Lipinski definition) is 2. The van der Waals surface area contributed by atoms with Crippen LogP contribution in [0.1, 0.15) is 26.2 Å². The Morgan fingerprint density at radius 3 is 2.60 bits per heavy atom. The van der Waals surface area contributed by atoms with E-state index in [1.54, 1.807) is 0 Å². The van der Waals surface area contributed by atoms with Crippen molar-refractivity contribution in [3.8, 4) is 0 Å². The van der Waals surface area contributed by atoms with E-state index in [1.807, 2.05) is 0 Å². The number of nitrogens with two attached hydrogens (primary N) is 1. The first-order valence-corrected chi connectivity index (χ1v) is 4.03. The first-order valence-electron chi connectivity index (χ1n) is 4.03. The second kappa shape index (κ2) is 2.89. The molecule has 1 aliphatic carbocycles. The Labute approximate surface area is 62.4 Å². The van der Waals surface area contributed by atoms with Gasteiger partial charge in [0.2, 0.25) is 0 Å². The van der Waals surface area contributed by atoms with Crippen LogP contribution < -0.4 is 5.73 Å². The minimum absolute atomic E-state index is 0.0828. The van der Waals surface area contributed by atoms with E-state index in [1.165, 1.54) is 6.42 Å². The standard InChI is InChI=1S/C8H17NO/c1-7-2-3-8(4-7,5-9)6-10/h7,10H,2-6,9H2,1H3. The molecule has 0 spiro atoms. The van der Waals surface area contributed by atoms with Gasteiger partial charge < -0.3 is 10.8 Å². The van der Waals surface area contributed by atoms with E-state index < -0.39 is 0 Å². The molecule has 0 aromatic heterocycles. The Morgan fingerprint density at radius 2 is 2.40 bits per heavy atom. The molecule has 0 saturated heterocycles. The SMILES string of the molecule is CC1CCC(CN)(CO)C1. The van der Waals surface area contributed by atoms with E-state index in [4.69, 9.17) is 10.8 Å². The van der Waals surface area contributed by atoms with Crippen molar-refractivity contribution in [2.24, 2.45) is 17.1 Å². The van der Waals surface area contributed by atoms with E-state index in [2.05, 4.69) is 6.92 Å². The second-order valence-electron chi connectivity index (χ2n) is 3.71. The van der Waals surface area contributed by atoms with Crippen molar-refractivity contribution in [2.45, 2.75) is 26.2 Å². The number of aliphatic hydroxyl groups is 1. The van der Waals surface area contributed by atoms with Crippen LogP contribution in [0.5, 0.6) is 0 Å². The van der Waals surface area contributed by atoms with Crippen LogP contribution in [0.25, 0.3) is 0 Å². The van der Waals surface area contributed by atoms with Crippen molar-refractivity contribution in [3.63, 3.8) is 0 Å². The van der Waals surface area contributed by atoms with Crippen molar-refractivity contribution < 1.29 is 5.11 Å². The Morgan fingerprint density at radius 1 is 1.70 bits per heavy atom. The van der Waals surface area contributed by atoms with E-state index in [9.17, 15) is 0 Å². The number of hydrogen-bond acceptors (Lipinski definition) is 2. The molecule has 10 heavy (non-hydrogen) atoms. The topological polar surface area (TPSA) is 46.2 Å². The van der Waals surface area contributed by atoms with Gasteiger partial charge in [-0.15, -0.1) is 0 Å². The zero-order valence-electron chi connectivity index (χ0n) is 6.64. The smallest absolute Gasteiger partial charge is 0.0499 e. The number of aliphatic hydroxyl groups excluding tert-OH is 1. The third-order valence-electron chi connectivity index (χ3n) is 2.72. The summed E-state index contributed by atoms with van der Waals surface area (Å²) in [6.07, 6.45) is 3.46. The lowest BCUT2D eigenvalue weighted by Crippen LogP contribution is -2.31. The minimum atomic E-state index is 0.0828. The van der Waals surface area contributed by atoms with Crippen LogP contribution in [-0.2, 0) is 0 Å². The highest BCUT2D eigenvalue weighted by molar-refractivity contribution is 4.87. The molecule has 0 bridgehead atoms. The number of rotatable bonds is 2. The highest BCUT2D eigenvalue weighted by atomic mass is 16.3. The van der Waals surface area contributed by atoms with Crippen molar-refractivity contribution >= 4 is 0 Å². The Hall–Kier alpha value is -0.0800. The lowest BCUT2D eigenvalue weighted by molar-refractivity contribution is 0.134. The molecular weight excluding hydrogens is 126 g/mol. The lowest BCUT2D eigenvalue weighted by atomic mass is 9.87. The summed E-state index contributed by atoms with van der Waals surface area (Å²) in [6, 6.07) is 0. The molecule has 1 fully saturated rings. The zero-order chi connectivity index (χ0) is 7.61. The van der Waals surface area contributed by atoms with Crippen LogP contribution in [0.3, 0.4) is 0 Å². The first kappa shape index (κ1) is 8.02. The van der Waals surface area contributed by atoms with Crippen LogP contribution in [-0.4, -0.2) is 18.3 Å². The fourth-order valence-corrected chi connectivity index (χ4v) is 1.89. The normalized spacial score (nSPS) is 40.5. The molecule has 2 atom stereocenters. The largest absolute Gasteiger partial charge is 0.396 e. The second-order valence-corrected chi connectivity index (χ2v) is 3.71. The van der Waals surface area contributed by atoms with Gasteiger partial charge in [0.1, 0.15) is 0 Å². The van der Waals surface area contributed by atoms with Gasteiger partial charge >= 0.3 is 0 Å². The summed E-state index contributed by atoms with van der Waals surface area (Å²) in [5, 5.41) is 9.05. The molecule has 0 aromatic carbocycles. The third-order valence-corrected chi connectivity index (χ3v) is 2.72. The Bertz CT molecular complexity index is 110. The maximum Gasteiger partial charge on any atom is 0.0499 e. The van der Waals surface area contributed by atoms with Gasteiger partial charge in [0.05, 0.1) is 0 Å². The average Bonchev–Trinajstić information content (AvgIpc) is 2.33. The molecule has 0 heterocycles. The lowest BCUT2D eigenvalue weighted by Gasteiger charge is -2.24. The highest BCUT2D eigenvalue weighted by Gasteiger charge is 2.35. The van der Waals surface area contributed by atoms with E-state index in [-0.39, 0.29) is 12.0 Å². The van der Waals surface area contributed by atoms with Gasteiger partial charge in [-0.05, 0) is 18.8 Å². The summed E-state index contributed by atoms with van der Waals surface area (Å²) >= 11 is 0. The molecule has 0 amide bonds. The van der Waals surface area contributed by atoms with Gasteiger partial charge in [0.25, 0.3) is 0 Å². The van der Waals surface area contributed by atoms with Crippen molar-refractivity contribution in [2.75, 3.05) is 13.2 Å². The first-order chi connectivity index (χ1) is 4.72.